The van der Waals surface area contributed by atoms with E-state index in [4.69, 9.17) is 0 Å². The minimum Gasteiger partial charge on any atom is -0.351 e. The van der Waals surface area contributed by atoms with Crippen molar-refractivity contribution >= 4 is 15.9 Å². The minimum atomic E-state index is -3.50. The highest BCUT2D eigenvalue weighted by Gasteiger charge is 2.21. The lowest BCUT2D eigenvalue weighted by molar-refractivity contribution is 0.0939. The van der Waals surface area contributed by atoms with E-state index in [2.05, 4.69) is 37.9 Å². The van der Waals surface area contributed by atoms with Crippen LogP contribution >= 0.6 is 0 Å². The maximum atomic E-state index is 12.5. The van der Waals surface area contributed by atoms with Gasteiger partial charge in [0.1, 0.15) is 0 Å². The van der Waals surface area contributed by atoms with Crippen molar-refractivity contribution in [3.8, 4) is 0 Å². The monoisotopic (exact) mass is 383 g/mol. The molecule has 0 spiro atoms. The smallest absolute Gasteiger partial charge is 0.251 e. The Bertz CT molecular complexity index is 658. The highest BCUT2D eigenvalue weighted by molar-refractivity contribution is 7.89. The molecule has 1 aromatic carbocycles. The van der Waals surface area contributed by atoms with E-state index in [0.29, 0.717) is 37.3 Å². The van der Waals surface area contributed by atoms with Gasteiger partial charge >= 0.3 is 0 Å². The fourth-order valence-electron chi connectivity index (χ4n) is 3.00. The van der Waals surface area contributed by atoms with E-state index in [9.17, 15) is 13.2 Å². The number of hydrogen-bond donors (Lipinski definition) is 1. The number of rotatable bonds is 10. The third kappa shape index (κ3) is 5.79. The van der Waals surface area contributed by atoms with E-state index in [-0.39, 0.29) is 10.8 Å². The first-order valence-corrected chi connectivity index (χ1v) is 10.7. The summed E-state index contributed by atoms with van der Waals surface area (Å²) in [6.07, 6.45) is 0. The summed E-state index contributed by atoms with van der Waals surface area (Å²) in [6.45, 7) is 14.3. The zero-order valence-electron chi connectivity index (χ0n) is 16.8. The summed E-state index contributed by atoms with van der Waals surface area (Å²) in [5.74, 6) is -0.191. The molecule has 6 nitrogen and oxygen atoms in total. The Labute approximate surface area is 158 Å². The van der Waals surface area contributed by atoms with Gasteiger partial charge in [-0.1, -0.05) is 13.8 Å². The quantitative estimate of drug-likeness (QED) is 0.674. The van der Waals surface area contributed by atoms with Crippen LogP contribution in [0.15, 0.2) is 29.2 Å². The number of benzene rings is 1. The number of carbonyl (C=O) groups is 1. The number of carbonyl (C=O) groups excluding carboxylic acids is 1. The summed E-state index contributed by atoms with van der Waals surface area (Å²) in [6, 6.07) is 6.95. The van der Waals surface area contributed by atoms with Gasteiger partial charge in [0.25, 0.3) is 5.91 Å². The van der Waals surface area contributed by atoms with Crippen molar-refractivity contribution in [2.45, 2.75) is 58.5 Å². The highest BCUT2D eigenvalue weighted by Crippen LogP contribution is 2.16. The average molecular weight is 384 g/mol. The summed E-state index contributed by atoms with van der Waals surface area (Å²) in [5, 5.41) is 2.90. The summed E-state index contributed by atoms with van der Waals surface area (Å²) in [5.41, 5.74) is 0.462. The number of amides is 1. The van der Waals surface area contributed by atoms with Crippen molar-refractivity contribution in [1.82, 2.24) is 14.5 Å². The predicted octanol–water partition coefficient (Wildman–Crippen LogP) is 2.57. The van der Waals surface area contributed by atoms with Crippen LogP contribution in [-0.4, -0.2) is 61.8 Å². The normalized spacial score (nSPS) is 12.4. The zero-order chi connectivity index (χ0) is 19.9. The summed E-state index contributed by atoms with van der Waals surface area (Å²) < 4.78 is 26.3. The van der Waals surface area contributed by atoms with Crippen LogP contribution in [0.1, 0.15) is 51.9 Å². The molecule has 0 atom stereocenters. The maximum absolute atomic E-state index is 12.5. The second-order valence-electron chi connectivity index (χ2n) is 6.79. The van der Waals surface area contributed by atoms with E-state index in [1.165, 1.54) is 16.4 Å². The molecule has 1 N–H and O–H groups in total. The van der Waals surface area contributed by atoms with Crippen LogP contribution in [0.2, 0.25) is 0 Å². The van der Waals surface area contributed by atoms with Gasteiger partial charge in [-0.15, -0.1) is 0 Å². The lowest BCUT2D eigenvalue weighted by atomic mass is 10.2. The first-order chi connectivity index (χ1) is 12.1. The molecule has 0 radical (unpaired) electrons. The van der Waals surface area contributed by atoms with Crippen molar-refractivity contribution in [3.63, 3.8) is 0 Å². The molecule has 1 amide bonds. The predicted molar refractivity (Wildman–Crippen MR) is 106 cm³/mol. The number of sulfonamides is 1. The maximum Gasteiger partial charge on any atom is 0.251 e. The minimum absolute atomic E-state index is 0.191. The standard InChI is InChI=1S/C19H33N3O3S/c1-7-21(8-2)26(24,25)18-11-9-17(10-12-18)19(23)20-13-14-22(15(3)4)16(5)6/h9-12,15-16H,7-8,13-14H2,1-6H3,(H,20,23). The van der Waals surface area contributed by atoms with Gasteiger partial charge in [-0.25, -0.2) is 8.42 Å². The Morgan fingerprint density at radius 2 is 1.50 bits per heavy atom. The molecule has 0 saturated heterocycles. The van der Waals surface area contributed by atoms with E-state index in [1.54, 1.807) is 26.0 Å². The molecule has 148 valence electrons. The third-order valence-electron chi connectivity index (χ3n) is 4.44. The first kappa shape index (κ1) is 22.6. The lowest BCUT2D eigenvalue weighted by Gasteiger charge is -2.30. The van der Waals surface area contributed by atoms with Gasteiger partial charge in [0, 0.05) is 43.8 Å². The van der Waals surface area contributed by atoms with Gasteiger partial charge in [-0.3, -0.25) is 9.69 Å². The molecular formula is C19H33N3O3S. The largest absolute Gasteiger partial charge is 0.351 e. The first-order valence-electron chi connectivity index (χ1n) is 9.29. The highest BCUT2D eigenvalue weighted by atomic mass is 32.2. The Kier molecular flexibility index (Phi) is 8.73. The molecule has 0 heterocycles. The lowest BCUT2D eigenvalue weighted by Crippen LogP contribution is -2.42. The van der Waals surface area contributed by atoms with Gasteiger partial charge in [-0.2, -0.15) is 4.31 Å². The molecule has 7 heteroatoms. The molecule has 1 aromatic rings. The molecule has 0 saturated carbocycles. The molecule has 0 aliphatic rings. The van der Waals surface area contributed by atoms with Gasteiger partial charge in [0.05, 0.1) is 4.90 Å². The Balaban J connectivity index is 2.73. The van der Waals surface area contributed by atoms with Crippen LogP contribution in [0.5, 0.6) is 0 Å². The Morgan fingerprint density at radius 3 is 1.92 bits per heavy atom. The van der Waals surface area contributed by atoms with Crippen molar-refractivity contribution < 1.29 is 13.2 Å². The second-order valence-corrected chi connectivity index (χ2v) is 8.73. The van der Waals surface area contributed by atoms with Gasteiger partial charge in [-0.05, 0) is 52.0 Å². The molecule has 1 rings (SSSR count). The fraction of sp³-hybridized carbons (Fsp3) is 0.632. The molecule has 0 unspecified atom stereocenters. The molecule has 0 aliphatic heterocycles. The van der Waals surface area contributed by atoms with Crippen LogP contribution in [-0.2, 0) is 10.0 Å². The van der Waals surface area contributed by atoms with Crippen LogP contribution in [0.4, 0.5) is 0 Å². The van der Waals surface area contributed by atoms with Gasteiger partial charge in [0.2, 0.25) is 10.0 Å². The van der Waals surface area contributed by atoms with Crippen LogP contribution < -0.4 is 5.32 Å². The SMILES string of the molecule is CCN(CC)S(=O)(=O)c1ccc(C(=O)NCCN(C(C)C)C(C)C)cc1. The summed E-state index contributed by atoms with van der Waals surface area (Å²) >= 11 is 0. The molecule has 0 aromatic heterocycles. The topological polar surface area (TPSA) is 69.7 Å². The summed E-state index contributed by atoms with van der Waals surface area (Å²) in [7, 11) is -3.50. The van der Waals surface area contributed by atoms with Crippen LogP contribution in [0, 0.1) is 0 Å². The van der Waals surface area contributed by atoms with Crippen LogP contribution in [0.3, 0.4) is 0 Å². The third-order valence-corrected chi connectivity index (χ3v) is 6.51. The zero-order valence-corrected chi connectivity index (χ0v) is 17.6. The number of nitrogens with one attached hydrogen (secondary N) is 1. The van der Waals surface area contributed by atoms with E-state index < -0.39 is 10.0 Å². The number of nitrogens with zero attached hydrogens (tertiary/aromatic N) is 2. The summed E-state index contributed by atoms with van der Waals surface area (Å²) in [4.78, 5) is 14.8. The molecule has 0 aliphatic carbocycles. The van der Waals surface area contributed by atoms with Crippen molar-refractivity contribution in [2.24, 2.45) is 0 Å². The Hall–Kier alpha value is -1.44. The molecular weight excluding hydrogens is 350 g/mol. The van der Waals surface area contributed by atoms with Crippen molar-refractivity contribution in [3.05, 3.63) is 29.8 Å². The Morgan fingerprint density at radius 1 is 1.00 bits per heavy atom. The second kappa shape index (κ2) is 10.0. The molecule has 0 fully saturated rings. The number of hydrogen-bond acceptors (Lipinski definition) is 4. The van der Waals surface area contributed by atoms with E-state index in [1.807, 2.05) is 0 Å². The molecule has 26 heavy (non-hydrogen) atoms. The van der Waals surface area contributed by atoms with Crippen LogP contribution in [0.25, 0.3) is 0 Å². The van der Waals surface area contributed by atoms with Crippen molar-refractivity contribution in [1.29, 1.82) is 0 Å². The molecule has 0 bridgehead atoms. The van der Waals surface area contributed by atoms with Gasteiger partial charge < -0.3 is 5.32 Å². The average Bonchev–Trinajstić information content (AvgIpc) is 2.58. The van der Waals surface area contributed by atoms with E-state index in [0.717, 1.165) is 6.54 Å². The fourth-order valence-corrected chi connectivity index (χ4v) is 4.46. The van der Waals surface area contributed by atoms with Crippen molar-refractivity contribution in [2.75, 3.05) is 26.2 Å². The van der Waals surface area contributed by atoms with Gasteiger partial charge in [0.15, 0.2) is 0 Å². The van der Waals surface area contributed by atoms with E-state index >= 15 is 0 Å².